The van der Waals surface area contributed by atoms with Crippen LogP contribution in [-0.4, -0.2) is 24.7 Å². The average molecular weight is 699 g/mol. The maximum atomic E-state index is 8.00. The predicted molar refractivity (Wildman–Crippen MR) is 219 cm³/mol. The lowest BCUT2D eigenvalue weighted by Gasteiger charge is -2.44. The van der Waals surface area contributed by atoms with E-state index in [-0.39, 0.29) is 21.9 Å². The molecular formula is C44H54O2Si3. The van der Waals surface area contributed by atoms with E-state index in [9.17, 15) is 0 Å². The summed E-state index contributed by atoms with van der Waals surface area (Å²) >= 11 is 0. The molecule has 0 radical (unpaired) electrons. The SMILES string of the molecule is CC(C)(C)C1=CC([Si](C)(C)C)=CC1[Si]1(C2C=C([Si](C)(C)C)C=C2C(C)(C)C)Oc2ccc3ccccc3c2-c2c(ccc3ccccc23)O1. The van der Waals surface area contributed by atoms with Gasteiger partial charge in [0.15, 0.2) is 0 Å². The van der Waals surface area contributed by atoms with Gasteiger partial charge in [-0.25, -0.2) is 0 Å². The molecule has 254 valence electrons. The van der Waals surface area contributed by atoms with Crippen molar-refractivity contribution >= 4 is 46.3 Å². The largest absolute Gasteiger partial charge is 0.510 e. The smallest absolute Gasteiger partial charge is 0.483 e. The molecule has 0 amide bonds. The molecule has 0 N–H and O–H groups in total. The van der Waals surface area contributed by atoms with Gasteiger partial charge in [0.2, 0.25) is 0 Å². The average Bonchev–Trinajstić information content (AvgIpc) is 3.65. The van der Waals surface area contributed by atoms with Crippen molar-refractivity contribution in [3.05, 3.63) is 119 Å². The van der Waals surface area contributed by atoms with E-state index in [1.165, 1.54) is 43.1 Å². The van der Waals surface area contributed by atoms with Crippen molar-refractivity contribution < 1.29 is 8.85 Å². The maximum absolute atomic E-state index is 8.00. The first kappa shape index (κ1) is 34.1. The number of benzene rings is 4. The Bertz CT molecular complexity index is 1970. The third-order valence-electron chi connectivity index (χ3n) is 10.9. The van der Waals surface area contributed by atoms with Gasteiger partial charge in [0.25, 0.3) is 0 Å². The lowest BCUT2D eigenvalue weighted by atomic mass is 9.85. The number of hydrogen-bond acceptors (Lipinski definition) is 2. The van der Waals surface area contributed by atoms with Crippen LogP contribution in [0.4, 0.5) is 0 Å². The van der Waals surface area contributed by atoms with E-state index in [0.29, 0.717) is 0 Å². The fourth-order valence-electron chi connectivity index (χ4n) is 8.12. The lowest BCUT2D eigenvalue weighted by Crippen LogP contribution is -2.57. The van der Waals surface area contributed by atoms with Crippen LogP contribution in [0.2, 0.25) is 50.4 Å². The number of hydrogen-bond donors (Lipinski definition) is 0. The molecule has 49 heavy (non-hydrogen) atoms. The summed E-state index contributed by atoms with van der Waals surface area (Å²) < 4.78 is 16.0. The van der Waals surface area contributed by atoms with Crippen molar-refractivity contribution in [3.63, 3.8) is 0 Å². The number of allylic oxidation sites excluding steroid dienone is 8. The van der Waals surface area contributed by atoms with Gasteiger partial charge < -0.3 is 8.85 Å². The number of fused-ring (bicyclic) bond motifs is 7. The topological polar surface area (TPSA) is 18.5 Å². The highest BCUT2D eigenvalue weighted by Crippen LogP contribution is 2.60. The van der Waals surface area contributed by atoms with Crippen LogP contribution in [0.3, 0.4) is 0 Å². The number of rotatable bonds is 4. The Kier molecular flexibility index (Phi) is 7.87. The Hall–Kier alpha value is -3.39. The van der Waals surface area contributed by atoms with Crippen LogP contribution in [0.1, 0.15) is 41.5 Å². The van der Waals surface area contributed by atoms with Gasteiger partial charge in [0.1, 0.15) is 11.5 Å². The summed E-state index contributed by atoms with van der Waals surface area (Å²) in [5.41, 5.74) is 5.17. The lowest BCUT2D eigenvalue weighted by molar-refractivity contribution is 0.354. The first-order valence-corrected chi connectivity index (χ1v) is 27.1. The van der Waals surface area contributed by atoms with E-state index in [1.807, 2.05) is 0 Å². The Balaban J connectivity index is 1.63. The summed E-state index contributed by atoms with van der Waals surface area (Å²) in [5.74, 6) is 1.90. The molecule has 0 bridgehead atoms. The Morgan fingerprint density at radius 1 is 0.510 bits per heavy atom. The summed E-state index contributed by atoms with van der Waals surface area (Å²) in [4.78, 5) is 0. The summed E-state index contributed by atoms with van der Waals surface area (Å²) in [6, 6.07) is 26.5. The zero-order chi connectivity index (χ0) is 35.3. The van der Waals surface area contributed by atoms with Gasteiger partial charge >= 0.3 is 8.56 Å². The molecule has 5 heteroatoms. The van der Waals surface area contributed by atoms with Gasteiger partial charge in [0, 0.05) is 11.1 Å². The highest BCUT2D eigenvalue weighted by atomic mass is 28.4. The van der Waals surface area contributed by atoms with E-state index in [4.69, 9.17) is 8.85 Å². The van der Waals surface area contributed by atoms with Crippen LogP contribution in [0, 0.1) is 10.8 Å². The normalized spacial score (nSPS) is 20.8. The molecule has 0 aromatic heterocycles. The highest BCUT2D eigenvalue weighted by molar-refractivity contribution is 6.85. The van der Waals surface area contributed by atoms with Gasteiger partial charge in [0.05, 0.1) is 27.2 Å². The second kappa shape index (κ2) is 11.3. The molecule has 1 heterocycles. The van der Waals surface area contributed by atoms with Gasteiger partial charge in [-0.1, -0.05) is 187 Å². The minimum atomic E-state index is -3.38. The molecule has 2 unspecified atom stereocenters. The molecule has 2 aliphatic carbocycles. The summed E-state index contributed by atoms with van der Waals surface area (Å²) in [6.45, 7) is 29.1. The Labute approximate surface area is 297 Å². The molecule has 4 aromatic carbocycles. The van der Waals surface area contributed by atoms with Crippen LogP contribution in [0.15, 0.2) is 119 Å². The molecule has 0 fully saturated rings. The third-order valence-corrected chi connectivity index (χ3v) is 18.7. The zero-order valence-corrected chi connectivity index (χ0v) is 34.7. The monoisotopic (exact) mass is 698 g/mol. The standard InChI is InChI=1S/C44H54O2Si3/c1-43(2,3)35-25-31(47(7,8)9)27-39(35)49(40-28-32(48(10,11)12)26-36(40)44(4,5)6)45-37-23-21-29-17-13-15-19-33(29)41(37)42-34-20-16-14-18-30(34)22-24-38(42)46-49/h13-28,39-40H,1-12H3. The van der Waals surface area contributed by atoms with Crippen LogP contribution in [0.25, 0.3) is 32.7 Å². The molecular weight excluding hydrogens is 645 g/mol. The fourth-order valence-corrected chi connectivity index (χ4v) is 15.6. The first-order chi connectivity index (χ1) is 22.8. The van der Waals surface area contributed by atoms with Crippen molar-refractivity contribution in [2.24, 2.45) is 10.8 Å². The van der Waals surface area contributed by atoms with E-state index < -0.39 is 24.7 Å². The van der Waals surface area contributed by atoms with Crippen LogP contribution in [-0.2, 0) is 0 Å². The van der Waals surface area contributed by atoms with E-state index in [0.717, 1.165) is 22.6 Å². The van der Waals surface area contributed by atoms with Crippen molar-refractivity contribution in [2.75, 3.05) is 0 Å². The maximum Gasteiger partial charge on any atom is 0.483 e. The van der Waals surface area contributed by atoms with Crippen LogP contribution >= 0.6 is 0 Å². The van der Waals surface area contributed by atoms with Crippen LogP contribution in [0.5, 0.6) is 11.5 Å². The zero-order valence-electron chi connectivity index (χ0n) is 31.7. The van der Waals surface area contributed by atoms with Crippen LogP contribution < -0.4 is 8.85 Å². The molecule has 7 rings (SSSR count). The van der Waals surface area contributed by atoms with Crippen molar-refractivity contribution in [2.45, 2.75) is 91.9 Å². The van der Waals surface area contributed by atoms with Crippen molar-refractivity contribution in [3.8, 4) is 22.6 Å². The Morgan fingerprint density at radius 2 is 0.878 bits per heavy atom. The molecule has 3 aliphatic rings. The summed E-state index contributed by atoms with van der Waals surface area (Å²) in [6.07, 6.45) is 10.4. The van der Waals surface area contributed by atoms with E-state index in [1.54, 1.807) is 0 Å². The summed E-state index contributed by atoms with van der Waals surface area (Å²) in [5, 5.41) is 7.87. The van der Waals surface area contributed by atoms with Gasteiger partial charge in [-0.15, -0.1) is 0 Å². The van der Waals surface area contributed by atoms with Gasteiger partial charge in [-0.05, 0) is 44.5 Å². The first-order valence-electron chi connectivity index (χ1n) is 18.1. The second-order valence-electron chi connectivity index (χ2n) is 18.6. The second-order valence-corrected chi connectivity index (χ2v) is 31.9. The van der Waals surface area contributed by atoms with Gasteiger partial charge in [-0.3, -0.25) is 0 Å². The fraction of sp³-hybridized carbons (Fsp3) is 0.364. The van der Waals surface area contributed by atoms with Gasteiger partial charge in [-0.2, -0.15) is 0 Å². The van der Waals surface area contributed by atoms with E-state index in [2.05, 4.69) is 178 Å². The minimum Gasteiger partial charge on any atom is -0.510 e. The molecule has 0 spiro atoms. The molecule has 0 saturated carbocycles. The molecule has 4 aromatic rings. The van der Waals surface area contributed by atoms with E-state index >= 15 is 0 Å². The quantitative estimate of drug-likeness (QED) is 0.198. The molecule has 2 nitrogen and oxygen atoms in total. The molecule has 2 atom stereocenters. The Morgan fingerprint density at radius 3 is 1.22 bits per heavy atom. The molecule has 0 saturated heterocycles. The highest BCUT2D eigenvalue weighted by Gasteiger charge is 2.63. The third kappa shape index (κ3) is 5.76. The summed E-state index contributed by atoms with van der Waals surface area (Å²) in [7, 11) is -6.73. The van der Waals surface area contributed by atoms with Crippen molar-refractivity contribution in [1.29, 1.82) is 0 Å². The molecule has 1 aliphatic heterocycles. The minimum absolute atomic E-state index is 0.0407. The van der Waals surface area contributed by atoms with Crippen molar-refractivity contribution in [1.82, 2.24) is 0 Å². The predicted octanol–water partition coefficient (Wildman–Crippen LogP) is 13.2.